The number of nitrogens with zero attached hydrogens (tertiary/aromatic N) is 4. The topological polar surface area (TPSA) is 137 Å². The number of likely N-dealkylation sites (tertiary alicyclic amines) is 1. The molecule has 3 amide bonds. The molecule has 0 bridgehead atoms. The highest BCUT2D eigenvalue weighted by Gasteiger charge is 2.40. The van der Waals surface area contributed by atoms with Gasteiger partial charge in [0.2, 0.25) is 11.8 Å². The fourth-order valence-electron chi connectivity index (χ4n) is 9.81. The Bertz CT molecular complexity index is 2450. The number of hydrogen-bond donors (Lipinski definition) is 3. The van der Waals surface area contributed by atoms with E-state index in [1.165, 1.54) is 25.7 Å². The van der Waals surface area contributed by atoms with Crippen LogP contribution in [-0.4, -0.2) is 74.4 Å². The summed E-state index contributed by atoms with van der Waals surface area (Å²) in [5.41, 5.74) is 3.43. The lowest BCUT2D eigenvalue weighted by Gasteiger charge is -2.36. The monoisotopic (exact) mass is 800 g/mol. The molecule has 2 saturated heterocycles. The smallest absolute Gasteiger partial charge is 0.262 e. The van der Waals surface area contributed by atoms with Gasteiger partial charge in [0.15, 0.2) is 0 Å². The van der Waals surface area contributed by atoms with Gasteiger partial charge in [-0.2, -0.15) is 0 Å². The molecular weight excluding hydrogens is 749 g/mol. The summed E-state index contributed by atoms with van der Waals surface area (Å²) in [7, 11) is 0. The molecule has 11 nitrogen and oxygen atoms in total. The SMILES string of the molecule is CC(C)(O)c1cc2nc([C@H]3CC[C@H](CN4CCC(CCNc5cccc6c5C(=O)N(C5CCC(=O)NC5=O)C6)CC4)CC3)sc2cc1-n1ccc2ccccc2c1=O. The molecule has 0 radical (unpaired) electrons. The lowest BCUT2D eigenvalue weighted by atomic mass is 9.81. The Labute approximate surface area is 342 Å². The third-order valence-electron chi connectivity index (χ3n) is 13.1. The average molecular weight is 801 g/mol. The summed E-state index contributed by atoms with van der Waals surface area (Å²) in [5.74, 6) is 0.956. The largest absolute Gasteiger partial charge is 0.386 e. The van der Waals surface area contributed by atoms with Gasteiger partial charge in [-0.05, 0) is 131 Å². The molecule has 1 aliphatic carbocycles. The highest BCUT2D eigenvalue weighted by atomic mass is 32.1. The van der Waals surface area contributed by atoms with Crippen molar-refractivity contribution in [1.29, 1.82) is 0 Å². The third kappa shape index (κ3) is 7.57. The maximum absolute atomic E-state index is 13.6. The number of pyridine rings is 1. The van der Waals surface area contributed by atoms with Crippen LogP contribution in [0.25, 0.3) is 26.7 Å². The summed E-state index contributed by atoms with van der Waals surface area (Å²) in [6.45, 7) is 8.11. The minimum Gasteiger partial charge on any atom is -0.386 e. The van der Waals surface area contributed by atoms with Gasteiger partial charge in [0.25, 0.3) is 11.5 Å². The van der Waals surface area contributed by atoms with E-state index in [0.29, 0.717) is 52.9 Å². The summed E-state index contributed by atoms with van der Waals surface area (Å²) in [4.78, 5) is 60.6. The van der Waals surface area contributed by atoms with Gasteiger partial charge in [-0.3, -0.25) is 29.1 Å². The molecule has 12 heteroatoms. The Kier molecular flexibility index (Phi) is 10.4. The van der Waals surface area contributed by atoms with E-state index in [1.54, 1.807) is 34.7 Å². The number of hydrogen-bond acceptors (Lipinski definition) is 9. The van der Waals surface area contributed by atoms with Gasteiger partial charge in [-0.25, -0.2) is 4.98 Å². The normalized spacial score (nSPS) is 22.2. The van der Waals surface area contributed by atoms with Crippen LogP contribution in [0.15, 0.2) is 71.7 Å². The molecule has 5 heterocycles. The van der Waals surface area contributed by atoms with Crippen molar-refractivity contribution in [2.45, 2.75) is 95.7 Å². The van der Waals surface area contributed by atoms with Crippen LogP contribution in [0.1, 0.15) is 104 Å². The maximum Gasteiger partial charge on any atom is 0.262 e. The van der Waals surface area contributed by atoms with E-state index >= 15 is 0 Å². The number of carbonyl (C=O) groups is 3. The second-order valence-electron chi connectivity index (χ2n) is 17.4. The number of thiazole rings is 1. The zero-order valence-electron chi connectivity index (χ0n) is 33.3. The fraction of sp³-hybridized carbons (Fsp3) is 0.457. The van der Waals surface area contributed by atoms with E-state index in [0.717, 1.165) is 77.3 Å². The van der Waals surface area contributed by atoms with Crippen LogP contribution in [0.5, 0.6) is 0 Å². The Morgan fingerprint density at radius 1 is 0.914 bits per heavy atom. The molecule has 9 rings (SSSR count). The van der Waals surface area contributed by atoms with Crippen molar-refractivity contribution < 1.29 is 19.5 Å². The Morgan fingerprint density at radius 3 is 2.48 bits per heavy atom. The van der Waals surface area contributed by atoms with E-state index in [4.69, 9.17) is 4.98 Å². The van der Waals surface area contributed by atoms with Crippen LogP contribution < -0.4 is 16.2 Å². The van der Waals surface area contributed by atoms with Crippen LogP contribution in [0.2, 0.25) is 0 Å². The van der Waals surface area contributed by atoms with Gasteiger partial charge in [-0.15, -0.1) is 11.3 Å². The first-order valence-electron chi connectivity index (χ1n) is 21.0. The highest BCUT2D eigenvalue weighted by Crippen LogP contribution is 2.41. The van der Waals surface area contributed by atoms with Crippen LogP contribution >= 0.6 is 11.3 Å². The summed E-state index contributed by atoms with van der Waals surface area (Å²) in [6.07, 6.45) is 10.5. The molecule has 5 aromatic rings. The number of rotatable bonds is 10. The first kappa shape index (κ1) is 38.6. The summed E-state index contributed by atoms with van der Waals surface area (Å²) in [5, 5.41) is 19.9. The summed E-state index contributed by atoms with van der Waals surface area (Å²) >= 11 is 1.73. The number of imide groups is 1. The van der Waals surface area contributed by atoms with Crippen molar-refractivity contribution in [3.8, 4) is 5.69 Å². The Balaban J connectivity index is 0.765. The molecule has 3 N–H and O–H groups in total. The summed E-state index contributed by atoms with van der Waals surface area (Å²) in [6, 6.07) is 18.9. The fourth-order valence-corrected chi connectivity index (χ4v) is 11.0. The molecule has 302 valence electrons. The van der Waals surface area contributed by atoms with E-state index in [-0.39, 0.29) is 29.7 Å². The molecule has 2 aromatic heterocycles. The van der Waals surface area contributed by atoms with Gasteiger partial charge < -0.3 is 20.2 Å². The molecular formula is C46H52N6O5S. The van der Waals surface area contributed by atoms with Gasteiger partial charge in [0.05, 0.1) is 32.1 Å². The quantitative estimate of drug-likeness (QED) is 0.128. The molecule has 4 aliphatic rings. The lowest BCUT2D eigenvalue weighted by Crippen LogP contribution is -2.52. The van der Waals surface area contributed by atoms with Crippen LogP contribution in [0.4, 0.5) is 5.69 Å². The molecule has 0 spiro atoms. The van der Waals surface area contributed by atoms with Crippen molar-refractivity contribution in [3.05, 3.63) is 98.9 Å². The second kappa shape index (κ2) is 15.7. The second-order valence-corrected chi connectivity index (χ2v) is 18.5. The predicted molar refractivity (Wildman–Crippen MR) is 227 cm³/mol. The number of nitrogens with one attached hydrogen (secondary N) is 2. The number of amides is 3. The third-order valence-corrected chi connectivity index (χ3v) is 14.3. The summed E-state index contributed by atoms with van der Waals surface area (Å²) < 4.78 is 2.70. The van der Waals surface area contributed by atoms with Crippen LogP contribution in [0.3, 0.4) is 0 Å². The number of fused-ring (bicyclic) bond motifs is 3. The molecule has 1 unspecified atom stereocenters. The number of aromatic nitrogens is 2. The molecule has 3 aliphatic heterocycles. The number of carbonyl (C=O) groups excluding carboxylic acids is 3. The standard InChI is InChI=1S/C46H52N6O5S/c1-46(2,57)34-24-36-39(25-38(34)51-23-19-30-6-3-4-8-33(30)44(51)55)58-43(48-36)31-12-10-29(11-13-31)26-50-21-17-28(18-22-50)16-20-47-35-9-5-7-32-27-52(45(56)41(32)35)37-14-15-40(53)49-42(37)54/h3-9,19,23-25,28-29,31,37,47,57H,10-18,20-22,26-27H2,1-2H3,(H,49,53,54)/t29-,31-,37?. The predicted octanol–water partition coefficient (Wildman–Crippen LogP) is 7.08. The van der Waals surface area contributed by atoms with Gasteiger partial charge in [0.1, 0.15) is 6.04 Å². The number of benzene rings is 3. The number of anilines is 1. The van der Waals surface area contributed by atoms with Crippen molar-refractivity contribution in [2.75, 3.05) is 31.5 Å². The molecule has 1 saturated carbocycles. The lowest BCUT2D eigenvalue weighted by molar-refractivity contribution is -0.136. The van der Waals surface area contributed by atoms with Gasteiger partial charge in [0, 0.05) is 54.8 Å². The van der Waals surface area contributed by atoms with Crippen LogP contribution in [-0.2, 0) is 21.7 Å². The first-order chi connectivity index (χ1) is 28.0. The maximum atomic E-state index is 13.6. The van der Waals surface area contributed by atoms with Gasteiger partial charge >= 0.3 is 0 Å². The highest BCUT2D eigenvalue weighted by molar-refractivity contribution is 7.18. The zero-order chi connectivity index (χ0) is 40.1. The average Bonchev–Trinajstić information content (AvgIpc) is 3.79. The van der Waals surface area contributed by atoms with Crippen molar-refractivity contribution in [3.63, 3.8) is 0 Å². The number of piperidine rings is 2. The van der Waals surface area contributed by atoms with Crippen molar-refractivity contribution in [2.24, 2.45) is 11.8 Å². The Hall–Kier alpha value is -4.91. The number of aliphatic hydroxyl groups is 1. The molecule has 58 heavy (non-hydrogen) atoms. The van der Waals surface area contributed by atoms with E-state index in [9.17, 15) is 24.3 Å². The molecule has 1 atom stereocenters. The van der Waals surface area contributed by atoms with E-state index in [1.807, 2.05) is 66.9 Å². The van der Waals surface area contributed by atoms with E-state index < -0.39 is 11.6 Å². The Morgan fingerprint density at radius 2 is 1.71 bits per heavy atom. The molecule has 3 fully saturated rings. The van der Waals surface area contributed by atoms with E-state index in [2.05, 4.69) is 15.5 Å². The minimum atomic E-state index is -1.16. The van der Waals surface area contributed by atoms with Crippen LogP contribution in [0, 0.1) is 11.8 Å². The van der Waals surface area contributed by atoms with Crippen molar-refractivity contribution in [1.82, 2.24) is 24.7 Å². The first-order valence-corrected chi connectivity index (χ1v) is 21.8. The van der Waals surface area contributed by atoms with Crippen molar-refractivity contribution >= 4 is 55.7 Å². The van der Waals surface area contributed by atoms with Gasteiger partial charge in [-0.1, -0.05) is 30.3 Å². The minimum absolute atomic E-state index is 0.0976. The molecule has 3 aromatic carbocycles. The zero-order valence-corrected chi connectivity index (χ0v) is 34.2.